The highest BCUT2D eigenvalue weighted by molar-refractivity contribution is 6.99. The number of carboxylic acids is 1. The Kier molecular flexibility index (Phi) is 6.97. The molecule has 6 nitrogen and oxygen atoms in total. The van der Waals surface area contributed by atoms with Gasteiger partial charge in [-0.25, -0.2) is 9.59 Å². The van der Waals surface area contributed by atoms with Crippen LogP contribution in [-0.2, 0) is 14.0 Å². The Bertz CT molecular complexity index is 876. The number of hydrogen-bond donors (Lipinski definition) is 1. The Morgan fingerprint density at radius 2 is 1.45 bits per heavy atom. The van der Waals surface area contributed by atoms with Crippen molar-refractivity contribution in [2.45, 2.75) is 31.9 Å². The summed E-state index contributed by atoms with van der Waals surface area (Å²) in [6.45, 7) is 6.93. The Morgan fingerprint density at radius 3 is 1.87 bits per heavy atom. The summed E-state index contributed by atoms with van der Waals surface area (Å²) in [6, 6.07) is 19.9. The molecule has 0 saturated carbocycles. The molecule has 0 bridgehead atoms. The van der Waals surface area contributed by atoms with Crippen molar-refractivity contribution in [1.29, 1.82) is 0 Å². The minimum absolute atomic E-state index is 0.227. The Hall–Kier alpha value is -2.90. The second kappa shape index (κ2) is 9.49. The van der Waals surface area contributed by atoms with Crippen molar-refractivity contribution in [3.8, 4) is 0 Å². The van der Waals surface area contributed by atoms with Gasteiger partial charge in [-0.05, 0) is 15.4 Å². The summed E-state index contributed by atoms with van der Waals surface area (Å²) < 4.78 is 11.9. The van der Waals surface area contributed by atoms with Gasteiger partial charge in [-0.3, -0.25) is 0 Å². The van der Waals surface area contributed by atoms with Gasteiger partial charge >= 0.3 is 12.1 Å². The molecule has 2 aromatic rings. The van der Waals surface area contributed by atoms with Crippen LogP contribution in [-0.4, -0.2) is 56.2 Å². The first-order valence-corrected chi connectivity index (χ1v) is 12.2. The quantitative estimate of drug-likeness (QED) is 0.530. The van der Waals surface area contributed by atoms with Crippen LogP contribution in [0.15, 0.2) is 72.8 Å². The van der Waals surface area contributed by atoms with Gasteiger partial charge in [-0.2, -0.15) is 0 Å². The zero-order valence-corrected chi connectivity index (χ0v) is 19.2. The predicted molar refractivity (Wildman–Crippen MR) is 122 cm³/mol. The SMILES string of the molecule is CC(C)(C)[Si](OCC(OC(=O)N1CC=CC1)C(=O)O)(c1ccccc1)c1ccccc1. The summed E-state index contributed by atoms with van der Waals surface area (Å²) >= 11 is 0. The van der Waals surface area contributed by atoms with Gasteiger partial charge in [-0.15, -0.1) is 0 Å². The maximum atomic E-state index is 12.4. The number of carbonyl (C=O) groups excluding carboxylic acids is 1. The molecule has 0 spiro atoms. The number of ether oxygens (including phenoxy) is 1. The van der Waals surface area contributed by atoms with E-state index in [0.29, 0.717) is 13.1 Å². The van der Waals surface area contributed by atoms with Gasteiger partial charge in [0.2, 0.25) is 6.10 Å². The van der Waals surface area contributed by atoms with Crippen LogP contribution in [0.1, 0.15) is 20.8 Å². The number of benzene rings is 2. The van der Waals surface area contributed by atoms with E-state index in [4.69, 9.17) is 9.16 Å². The van der Waals surface area contributed by atoms with E-state index in [9.17, 15) is 14.7 Å². The number of carboxylic acid groups (broad SMARTS) is 1. The molecule has 1 unspecified atom stereocenters. The summed E-state index contributed by atoms with van der Waals surface area (Å²) in [4.78, 5) is 25.7. The molecule has 1 aliphatic heterocycles. The van der Waals surface area contributed by atoms with E-state index in [1.54, 1.807) is 0 Å². The van der Waals surface area contributed by atoms with Gasteiger partial charge in [-0.1, -0.05) is 93.6 Å². The number of rotatable bonds is 7. The molecule has 0 fully saturated rings. The lowest BCUT2D eigenvalue weighted by molar-refractivity contribution is -0.149. The summed E-state index contributed by atoms with van der Waals surface area (Å²) in [5.41, 5.74) is 0. The topological polar surface area (TPSA) is 76.1 Å². The highest BCUT2D eigenvalue weighted by Gasteiger charge is 2.50. The van der Waals surface area contributed by atoms with E-state index in [-0.39, 0.29) is 11.6 Å². The van der Waals surface area contributed by atoms with Crippen molar-refractivity contribution < 1.29 is 23.9 Å². The van der Waals surface area contributed by atoms with Crippen LogP contribution in [0.5, 0.6) is 0 Å². The third-order valence-corrected chi connectivity index (χ3v) is 10.5. The standard InChI is InChI=1S/C24H29NO5Si/c1-24(2,3)31(19-12-6-4-7-13-19,20-14-8-5-9-15-20)29-18-21(22(26)27)30-23(28)25-16-10-11-17-25/h4-15,21H,16-18H2,1-3H3,(H,26,27). The molecular formula is C24H29NO5Si. The van der Waals surface area contributed by atoms with Crippen LogP contribution in [0.3, 0.4) is 0 Å². The maximum Gasteiger partial charge on any atom is 0.411 e. The van der Waals surface area contributed by atoms with Gasteiger partial charge in [0.1, 0.15) is 0 Å². The zero-order valence-electron chi connectivity index (χ0n) is 18.2. The van der Waals surface area contributed by atoms with E-state index >= 15 is 0 Å². The number of aliphatic carboxylic acids is 1. The van der Waals surface area contributed by atoms with Gasteiger partial charge in [0.05, 0.1) is 6.61 Å². The molecule has 1 heterocycles. The minimum Gasteiger partial charge on any atom is -0.478 e. The van der Waals surface area contributed by atoms with Crippen LogP contribution in [0.4, 0.5) is 4.79 Å². The summed E-state index contributed by atoms with van der Waals surface area (Å²) in [5, 5.41) is 11.5. The van der Waals surface area contributed by atoms with E-state index in [2.05, 4.69) is 20.8 Å². The lowest BCUT2D eigenvalue weighted by atomic mass is 10.2. The Morgan fingerprint density at radius 1 is 0.968 bits per heavy atom. The molecule has 31 heavy (non-hydrogen) atoms. The van der Waals surface area contributed by atoms with Crippen molar-refractivity contribution in [1.82, 2.24) is 4.90 Å². The maximum absolute atomic E-state index is 12.4. The Balaban J connectivity index is 1.94. The average molecular weight is 440 g/mol. The lowest BCUT2D eigenvalue weighted by Crippen LogP contribution is -2.67. The number of carbonyl (C=O) groups is 2. The van der Waals surface area contributed by atoms with Crippen LogP contribution in [0.2, 0.25) is 5.04 Å². The van der Waals surface area contributed by atoms with Crippen molar-refractivity contribution in [2.75, 3.05) is 19.7 Å². The monoisotopic (exact) mass is 439 g/mol. The van der Waals surface area contributed by atoms with E-state index in [0.717, 1.165) is 10.4 Å². The third kappa shape index (κ3) is 4.89. The molecule has 7 heteroatoms. The summed E-state index contributed by atoms with van der Waals surface area (Å²) in [5.74, 6) is -1.22. The van der Waals surface area contributed by atoms with Crippen LogP contribution in [0.25, 0.3) is 0 Å². The summed E-state index contributed by atoms with van der Waals surface area (Å²) in [6.07, 6.45) is 1.64. The molecular weight excluding hydrogens is 410 g/mol. The molecule has 2 aromatic carbocycles. The van der Waals surface area contributed by atoms with Crippen molar-refractivity contribution >= 4 is 30.8 Å². The molecule has 3 rings (SSSR count). The number of amides is 1. The van der Waals surface area contributed by atoms with Gasteiger partial charge < -0.3 is 19.2 Å². The first-order valence-electron chi connectivity index (χ1n) is 10.3. The minimum atomic E-state index is -2.92. The van der Waals surface area contributed by atoms with Crippen LogP contribution < -0.4 is 10.4 Å². The van der Waals surface area contributed by atoms with Crippen molar-refractivity contribution in [3.05, 3.63) is 72.8 Å². The molecule has 1 atom stereocenters. The molecule has 0 aromatic heterocycles. The smallest absolute Gasteiger partial charge is 0.411 e. The van der Waals surface area contributed by atoms with Crippen LogP contribution in [0, 0.1) is 0 Å². The molecule has 1 aliphatic rings. The van der Waals surface area contributed by atoms with E-state index in [1.165, 1.54) is 4.90 Å². The molecule has 0 radical (unpaired) electrons. The fourth-order valence-corrected chi connectivity index (χ4v) is 8.50. The van der Waals surface area contributed by atoms with E-state index < -0.39 is 26.5 Å². The largest absolute Gasteiger partial charge is 0.478 e. The molecule has 1 N–H and O–H groups in total. The zero-order chi connectivity index (χ0) is 22.5. The second-order valence-corrected chi connectivity index (χ2v) is 12.9. The molecule has 164 valence electrons. The molecule has 1 amide bonds. The van der Waals surface area contributed by atoms with Gasteiger partial charge in [0.25, 0.3) is 8.32 Å². The fraction of sp³-hybridized carbons (Fsp3) is 0.333. The molecule has 0 saturated heterocycles. The first-order chi connectivity index (χ1) is 14.8. The third-order valence-electron chi connectivity index (χ3n) is 5.46. The molecule has 0 aliphatic carbocycles. The van der Waals surface area contributed by atoms with Gasteiger partial charge in [0.15, 0.2) is 0 Å². The highest BCUT2D eigenvalue weighted by atomic mass is 28.4. The van der Waals surface area contributed by atoms with Crippen molar-refractivity contribution in [2.24, 2.45) is 0 Å². The van der Waals surface area contributed by atoms with Gasteiger partial charge in [0, 0.05) is 13.1 Å². The number of nitrogens with zero attached hydrogens (tertiary/aromatic N) is 1. The lowest BCUT2D eigenvalue weighted by Gasteiger charge is -2.43. The fourth-order valence-electron chi connectivity index (χ4n) is 3.94. The normalized spacial score (nSPS) is 15.0. The van der Waals surface area contributed by atoms with Crippen molar-refractivity contribution in [3.63, 3.8) is 0 Å². The van der Waals surface area contributed by atoms with Crippen LogP contribution >= 0.6 is 0 Å². The Labute approximate surface area is 184 Å². The highest BCUT2D eigenvalue weighted by Crippen LogP contribution is 2.36. The predicted octanol–water partition coefficient (Wildman–Crippen LogP) is 3.02. The van der Waals surface area contributed by atoms with E-state index in [1.807, 2.05) is 72.8 Å². The first kappa shape index (κ1) is 22.8. The average Bonchev–Trinajstić information content (AvgIpc) is 3.29. The summed E-state index contributed by atoms with van der Waals surface area (Å²) in [7, 11) is -2.92. The second-order valence-electron chi connectivity index (χ2n) is 8.56. The number of hydrogen-bond acceptors (Lipinski definition) is 4.